The summed E-state index contributed by atoms with van der Waals surface area (Å²) >= 11 is 0. The summed E-state index contributed by atoms with van der Waals surface area (Å²) in [5.41, 5.74) is -1.26. The maximum absolute atomic E-state index is 15.5. The summed E-state index contributed by atoms with van der Waals surface area (Å²) in [7, 11) is 0. The molecular weight excluding hydrogens is 395 g/mol. The lowest BCUT2D eigenvalue weighted by Crippen LogP contribution is -2.59. The van der Waals surface area contributed by atoms with E-state index in [4.69, 9.17) is 4.74 Å². The van der Waals surface area contributed by atoms with Crippen molar-refractivity contribution in [3.63, 3.8) is 0 Å². The molecule has 5 aliphatic rings. The van der Waals surface area contributed by atoms with Crippen molar-refractivity contribution in [1.29, 1.82) is 0 Å². The van der Waals surface area contributed by atoms with Crippen molar-refractivity contribution in [1.82, 2.24) is 0 Å². The Bertz CT molecular complexity index is 934. The zero-order chi connectivity index (χ0) is 22.3. The van der Waals surface area contributed by atoms with Gasteiger partial charge in [0.15, 0.2) is 17.2 Å². The molecule has 8 atom stereocenters. The molecule has 2 unspecified atom stereocenters. The van der Waals surface area contributed by atoms with Gasteiger partial charge in [-0.15, -0.1) is 0 Å². The number of carbonyl (C=O) groups is 3. The van der Waals surface area contributed by atoms with Crippen LogP contribution in [-0.2, 0) is 19.1 Å². The van der Waals surface area contributed by atoms with E-state index in [0.717, 1.165) is 32.1 Å². The highest BCUT2D eigenvalue weighted by molar-refractivity contribution is 5.97. The van der Waals surface area contributed by atoms with Crippen LogP contribution in [0.3, 0.4) is 0 Å². The maximum Gasteiger partial charge on any atom is 0.306 e. The fraction of sp³-hybridized carbons (Fsp3) is 0.731. The third-order valence-electron chi connectivity index (χ3n) is 10.1. The van der Waals surface area contributed by atoms with Crippen LogP contribution >= 0.6 is 0 Å². The maximum atomic E-state index is 15.5. The molecule has 0 spiro atoms. The highest BCUT2D eigenvalue weighted by Crippen LogP contribution is 2.72. The molecule has 3 saturated carbocycles. The van der Waals surface area contributed by atoms with Crippen molar-refractivity contribution < 1.29 is 23.5 Å². The molecule has 5 rings (SSSR count). The van der Waals surface area contributed by atoms with E-state index in [1.165, 1.54) is 0 Å². The number of Topliss-reactive ketones (excluding diaryl/α,β-unsaturated/α-hetero) is 1. The van der Waals surface area contributed by atoms with E-state index >= 15 is 4.39 Å². The number of ether oxygens (including phenoxy) is 1. The number of allylic oxidation sites excluding steroid dienone is 4. The zero-order valence-corrected chi connectivity index (χ0v) is 19.0. The summed E-state index contributed by atoms with van der Waals surface area (Å²) in [5.74, 6) is 0.0868. The summed E-state index contributed by atoms with van der Waals surface area (Å²) in [6, 6.07) is 0. The number of halogens is 1. The molecule has 4 nitrogen and oxygen atoms in total. The van der Waals surface area contributed by atoms with Gasteiger partial charge < -0.3 is 4.74 Å². The molecule has 0 aromatic carbocycles. The van der Waals surface area contributed by atoms with Crippen molar-refractivity contribution in [2.24, 2.45) is 40.4 Å². The van der Waals surface area contributed by atoms with Crippen LogP contribution in [0.4, 0.5) is 4.39 Å². The molecular formula is C26H33FO4. The molecule has 3 fully saturated rings. The van der Waals surface area contributed by atoms with Crippen LogP contribution in [0.5, 0.6) is 0 Å². The van der Waals surface area contributed by atoms with Crippen LogP contribution in [0.2, 0.25) is 0 Å². The molecule has 0 heterocycles. The Morgan fingerprint density at radius 2 is 1.87 bits per heavy atom. The standard InChI is InChI=1S/C26H33FO4/c1-5-23(30)31-26(14(3)28)10-8-18-15-12-21(27)20-13-22(29)16-11-19(16)24(20,4)17(15)7-9-25(18,26)6-2/h12-13,15-19H,5-11H2,1-4H3/t15-,16?,17-,18+,19?,24-,25+,26+/m1/s1. The first-order valence-corrected chi connectivity index (χ1v) is 12.0. The number of ketones is 2. The van der Waals surface area contributed by atoms with Crippen molar-refractivity contribution in [2.75, 3.05) is 0 Å². The monoisotopic (exact) mass is 428 g/mol. The fourth-order valence-electron chi connectivity index (χ4n) is 8.53. The summed E-state index contributed by atoms with van der Waals surface area (Å²) in [5, 5.41) is 0. The zero-order valence-electron chi connectivity index (χ0n) is 19.0. The van der Waals surface area contributed by atoms with Gasteiger partial charge in [0.05, 0.1) is 0 Å². The average molecular weight is 429 g/mol. The molecule has 5 aliphatic carbocycles. The second kappa shape index (κ2) is 6.62. The Hall–Kier alpha value is -1.78. The van der Waals surface area contributed by atoms with E-state index < -0.39 is 11.0 Å². The molecule has 5 heteroatoms. The van der Waals surface area contributed by atoms with Crippen LogP contribution in [-0.4, -0.2) is 23.1 Å². The van der Waals surface area contributed by atoms with Crippen molar-refractivity contribution >= 4 is 17.5 Å². The third kappa shape index (κ3) is 2.44. The van der Waals surface area contributed by atoms with Gasteiger partial charge in [-0.2, -0.15) is 0 Å². The number of esters is 1. The lowest BCUT2D eigenvalue weighted by atomic mass is 9.46. The fourth-order valence-corrected chi connectivity index (χ4v) is 8.53. The molecule has 0 aliphatic heterocycles. The first-order chi connectivity index (χ1) is 14.7. The van der Waals surface area contributed by atoms with Crippen LogP contribution in [0.1, 0.15) is 72.6 Å². The number of hydrogen-bond acceptors (Lipinski definition) is 4. The van der Waals surface area contributed by atoms with E-state index in [2.05, 4.69) is 13.8 Å². The Kier molecular flexibility index (Phi) is 4.50. The Morgan fingerprint density at radius 3 is 2.52 bits per heavy atom. The van der Waals surface area contributed by atoms with Gasteiger partial charge in [0.25, 0.3) is 0 Å². The second-order valence-corrected chi connectivity index (χ2v) is 10.8. The lowest BCUT2D eigenvalue weighted by Gasteiger charge is -2.58. The predicted octanol–water partition coefficient (Wildman–Crippen LogP) is 5.12. The average Bonchev–Trinajstić information content (AvgIpc) is 3.49. The van der Waals surface area contributed by atoms with E-state index in [0.29, 0.717) is 12.0 Å². The minimum atomic E-state index is -1.10. The van der Waals surface area contributed by atoms with E-state index in [1.807, 2.05) is 0 Å². The highest BCUT2D eigenvalue weighted by atomic mass is 19.1. The Labute approximate surface area is 183 Å². The summed E-state index contributed by atoms with van der Waals surface area (Å²) in [6.45, 7) is 7.56. The van der Waals surface area contributed by atoms with Gasteiger partial charge in [-0.05, 0) is 86.8 Å². The largest absolute Gasteiger partial charge is 0.450 e. The van der Waals surface area contributed by atoms with Crippen LogP contribution < -0.4 is 0 Å². The first-order valence-electron chi connectivity index (χ1n) is 12.0. The molecule has 0 bridgehead atoms. The smallest absolute Gasteiger partial charge is 0.306 e. The molecule has 0 aromatic rings. The third-order valence-corrected chi connectivity index (χ3v) is 10.1. The van der Waals surface area contributed by atoms with Crippen molar-refractivity contribution in [3.05, 3.63) is 23.6 Å². The number of hydrogen-bond donors (Lipinski definition) is 0. The molecule has 0 saturated heterocycles. The summed E-state index contributed by atoms with van der Waals surface area (Å²) in [4.78, 5) is 37.8. The number of rotatable bonds is 4. The predicted molar refractivity (Wildman–Crippen MR) is 113 cm³/mol. The van der Waals surface area contributed by atoms with E-state index in [1.54, 1.807) is 26.0 Å². The number of carbonyl (C=O) groups excluding carboxylic acids is 3. The Balaban J connectivity index is 1.60. The first kappa shape index (κ1) is 21.1. The molecule has 0 radical (unpaired) electrons. The topological polar surface area (TPSA) is 60.4 Å². The minimum absolute atomic E-state index is 0.00635. The van der Waals surface area contributed by atoms with Gasteiger partial charge in [0, 0.05) is 23.2 Å². The van der Waals surface area contributed by atoms with Crippen LogP contribution in [0, 0.1) is 40.4 Å². The molecule has 0 amide bonds. The highest BCUT2D eigenvalue weighted by Gasteiger charge is 2.71. The van der Waals surface area contributed by atoms with Gasteiger partial charge in [0.2, 0.25) is 0 Å². The quantitative estimate of drug-likeness (QED) is 0.583. The molecule has 31 heavy (non-hydrogen) atoms. The van der Waals surface area contributed by atoms with Gasteiger partial charge >= 0.3 is 5.97 Å². The van der Waals surface area contributed by atoms with Crippen LogP contribution in [0.25, 0.3) is 0 Å². The van der Waals surface area contributed by atoms with E-state index in [-0.39, 0.29) is 64.8 Å². The van der Waals surface area contributed by atoms with Gasteiger partial charge in [-0.3, -0.25) is 14.4 Å². The Morgan fingerprint density at radius 1 is 1.16 bits per heavy atom. The summed E-state index contributed by atoms with van der Waals surface area (Å²) < 4.78 is 21.5. The van der Waals surface area contributed by atoms with E-state index in [9.17, 15) is 14.4 Å². The number of fused-ring (bicyclic) bond motifs is 7. The van der Waals surface area contributed by atoms with Gasteiger partial charge in [-0.1, -0.05) is 20.8 Å². The molecule has 0 N–H and O–H groups in total. The SMILES string of the molecule is CCC(=O)O[C@]1(C(C)=O)CC[C@H]2[C@@H]3C=C(F)C4=CC(=O)C5CC5[C@@]4(C)[C@@H]3CC[C@@]21CC. The lowest BCUT2D eigenvalue weighted by molar-refractivity contribution is -0.190. The summed E-state index contributed by atoms with van der Waals surface area (Å²) in [6.07, 6.45) is 8.11. The normalized spacial score (nSPS) is 47.3. The van der Waals surface area contributed by atoms with Gasteiger partial charge in [-0.25, -0.2) is 4.39 Å². The van der Waals surface area contributed by atoms with Crippen LogP contribution in [0.15, 0.2) is 23.6 Å². The van der Waals surface area contributed by atoms with Crippen molar-refractivity contribution in [3.8, 4) is 0 Å². The van der Waals surface area contributed by atoms with Crippen molar-refractivity contribution in [2.45, 2.75) is 78.2 Å². The molecule has 0 aromatic heterocycles. The van der Waals surface area contributed by atoms with Gasteiger partial charge in [0.1, 0.15) is 5.83 Å². The minimum Gasteiger partial charge on any atom is -0.450 e. The molecule has 168 valence electrons. The second-order valence-electron chi connectivity index (χ2n) is 10.8.